The molecule has 2 heteroatoms. The Kier molecular flexibility index (Phi) is 3.68. The fourth-order valence-electron chi connectivity index (χ4n) is 2.79. The van der Waals surface area contributed by atoms with Gasteiger partial charge in [0.2, 0.25) is 5.52 Å². The van der Waals surface area contributed by atoms with Crippen LogP contribution in [0.3, 0.4) is 0 Å². The van der Waals surface area contributed by atoms with Crippen LogP contribution in [0.2, 0.25) is 0 Å². The highest BCUT2D eigenvalue weighted by molar-refractivity contribution is 9.10. The largest absolute Gasteiger partial charge is 0.219 e. The second-order valence-corrected chi connectivity index (χ2v) is 6.46. The van der Waals surface area contributed by atoms with Crippen molar-refractivity contribution in [3.05, 3.63) is 94.7 Å². The first-order valence-corrected chi connectivity index (χ1v) is 8.35. The van der Waals surface area contributed by atoms with E-state index in [1.165, 1.54) is 27.4 Å². The van der Waals surface area contributed by atoms with Gasteiger partial charge in [0.25, 0.3) is 0 Å². The maximum Gasteiger partial charge on any atom is 0.219 e. The molecule has 110 valence electrons. The van der Waals surface area contributed by atoms with Gasteiger partial charge in [0, 0.05) is 22.7 Å². The molecule has 4 rings (SSSR count). The van der Waals surface area contributed by atoms with Crippen LogP contribution >= 0.6 is 15.9 Å². The monoisotopic (exact) mass is 360 g/mol. The number of rotatable bonds is 2. The fourth-order valence-corrected chi connectivity index (χ4v) is 3.15. The van der Waals surface area contributed by atoms with Crippen molar-refractivity contribution in [2.24, 2.45) is 0 Å². The third-order valence-corrected chi connectivity index (χ3v) is 4.48. The molecule has 0 aliphatic rings. The highest BCUT2D eigenvalue weighted by Gasteiger charge is 2.08. The van der Waals surface area contributed by atoms with Crippen molar-refractivity contribution in [2.45, 2.75) is 0 Å². The van der Waals surface area contributed by atoms with Crippen LogP contribution in [0.4, 0.5) is 0 Å². The van der Waals surface area contributed by atoms with Gasteiger partial charge < -0.3 is 0 Å². The van der Waals surface area contributed by atoms with E-state index in [0.717, 1.165) is 4.47 Å². The van der Waals surface area contributed by atoms with E-state index in [9.17, 15) is 0 Å². The standard InChI is InChI=1S/C21H15BrN/c22-19-9-8-18-11-13-23-12-10-17(14-21(23)20(18)15-19)7-6-16-4-2-1-3-5-16/h1-15H/q+1/b7-6+. The van der Waals surface area contributed by atoms with Gasteiger partial charge in [-0.3, -0.25) is 0 Å². The van der Waals surface area contributed by atoms with Crippen LogP contribution in [0, 0.1) is 0 Å². The van der Waals surface area contributed by atoms with E-state index in [0.29, 0.717) is 0 Å². The molecule has 2 heterocycles. The topological polar surface area (TPSA) is 4.10 Å². The van der Waals surface area contributed by atoms with E-state index in [2.05, 4.69) is 106 Å². The second-order valence-electron chi connectivity index (χ2n) is 5.54. The average molecular weight is 361 g/mol. The molecule has 0 amide bonds. The van der Waals surface area contributed by atoms with Gasteiger partial charge in [-0.2, -0.15) is 4.40 Å². The van der Waals surface area contributed by atoms with E-state index in [-0.39, 0.29) is 0 Å². The molecule has 0 bridgehead atoms. The van der Waals surface area contributed by atoms with Crippen LogP contribution in [0.1, 0.15) is 11.1 Å². The highest BCUT2D eigenvalue weighted by Crippen LogP contribution is 2.22. The molecule has 0 N–H and O–H groups in total. The molecular formula is C21H15BrN+. The predicted octanol–water partition coefficient (Wildman–Crippen LogP) is 5.51. The van der Waals surface area contributed by atoms with Crippen LogP contribution in [-0.2, 0) is 0 Å². The average Bonchev–Trinajstić information content (AvgIpc) is 2.60. The molecular weight excluding hydrogens is 346 g/mol. The lowest BCUT2D eigenvalue weighted by Gasteiger charge is -2.00. The van der Waals surface area contributed by atoms with Gasteiger partial charge >= 0.3 is 0 Å². The minimum absolute atomic E-state index is 1.10. The van der Waals surface area contributed by atoms with Gasteiger partial charge in [-0.15, -0.1) is 0 Å². The Balaban J connectivity index is 1.84. The molecule has 2 aromatic heterocycles. The number of halogens is 1. The summed E-state index contributed by atoms with van der Waals surface area (Å²) in [6.07, 6.45) is 8.52. The van der Waals surface area contributed by atoms with Gasteiger partial charge in [0.1, 0.15) is 0 Å². The molecule has 4 aromatic rings. The number of nitrogens with zero attached hydrogens (tertiary/aromatic N) is 1. The zero-order valence-electron chi connectivity index (χ0n) is 12.5. The van der Waals surface area contributed by atoms with E-state index in [1.54, 1.807) is 0 Å². The van der Waals surface area contributed by atoms with Crippen molar-refractivity contribution in [3.63, 3.8) is 0 Å². The third kappa shape index (κ3) is 2.90. The third-order valence-electron chi connectivity index (χ3n) is 3.98. The van der Waals surface area contributed by atoms with E-state index < -0.39 is 0 Å². The number of hydrogen-bond donors (Lipinski definition) is 0. The number of benzene rings is 2. The highest BCUT2D eigenvalue weighted by atomic mass is 79.9. The molecule has 0 unspecified atom stereocenters. The lowest BCUT2D eigenvalue weighted by molar-refractivity contribution is -0.510. The summed E-state index contributed by atoms with van der Waals surface area (Å²) in [4.78, 5) is 0. The van der Waals surface area contributed by atoms with E-state index in [1.807, 2.05) is 6.07 Å². The van der Waals surface area contributed by atoms with Gasteiger partial charge in [-0.25, -0.2) is 0 Å². The summed E-state index contributed by atoms with van der Waals surface area (Å²) in [6, 6.07) is 23.3. The zero-order valence-corrected chi connectivity index (χ0v) is 14.1. The van der Waals surface area contributed by atoms with Gasteiger partial charge in [-0.1, -0.05) is 64.5 Å². The number of aromatic nitrogens is 1. The van der Waals surface area contributed by atoms with Crippen molar-refractivity contribution in [3.8, 4) is 0 Å². The first-order chi connectivity index (χ1) is 11.3. The fraction of sp³-hybridized carbons (Fsp3) is 0. The summed E-state index contributed by atoms with van der Waals surface area (Å²) < 4.78 is 3.26. The second kappa shape index (κ2) is 5.98. The normalized spacial score (nSPS) is 11.5. The summed E-state index contributed by atoms with van der Waals surface area (Å²) in [5.41, 5.74) is 3.61. The first-order valence-electron chi connectivity index (χ1n) is 7.56. The summed E-state index contributed by atoms with van der Waals surface area (Å²) in [5, 5.41) is 2.49. The first kappa shape index (κ1) is 14.2. The predicted molar refractivity (Wildman–Crippen MR) is 100 cm³/mol. The molecule has 0 aliphatic carbocycles. The van der Waals surface area contributed by atoms with Gasteiger partial charge in [0.15, 0.2) is 12.4 Å². The van der Waals surface area contributed by atoms with Crippen molar-refractivity contribution in [1.29, 1.82) is 0 Å². The van der Waals surface area contributed by atoms with Crippen LogP contribution in [0.25, 0.3) is 28.4 Å². The minimum Gasteiger partial charge on any atom is -0.167 e. The molecule has 0 aliphatic heterocycles. The summed E-state index contributed by atoms with van der Waals surface area (Å²) in [7, 11) is 0. The Bertz CT molecular complexity index is 1020. The van der Waals surface area contributed by atoms with Crippen LogP contribution in [0.5, 0.6) is 0 Å². The Morgan fingerprint density at radius 3 is 2.39 bits per heavy atom. The van der Waals surface area contributed by atoms with Gasteiger partial charge in [0.05, 0.1) is 5.39 Å². The molecule has 0 radical (unpaired) electrons. The molecule has 0 saturated carbocycles. The lowest BCUT2D eigenvalue weighted by Crippen LogP contribution is -2.20. The Morgan fingerprint density at radius 2 is 1.52 bits per heavy atom. The van der Waals surface area contributed by atoms with Crippen LogP contribution < -0.4 is 4.40 Å². The molecule has 0 saturated heterocycles. The molecule has 0 spiro atoms. The van der Waals surface area contributed by atoms with E-state index >= 15 is 0 Å². The Labute approximate surface area is 143 Å². The van der Waals surface area contributed by atoms with Crippen LogP contribution in [0.15, 0.2) is 83.6 Å². The molecule has 0 fully saturated rings. The van der Waals surface area contributed by atoms with Crippen LogP contribution in [-0.4, -0.2) is 0 Å². The van der Waals surface area contributed by atoms with Crippen molar-refractivity contribution >= 4 is 44.4 Å². The van der Waals surface area contributed by atoms with Gasteiger partial charge in [-0.05, 0) is 28.6 Å². The Hall–Kier alpha value is -2.45. The van der Waals surface area contributed by atoms with Crippen molar-refractivity contribution in [2.75, 3.05) is 0 Å². The number of fused-ring (bicyclic) bond motifs is 3. The lowest BCUT2D eigenvalue weighted by atomic mass is 10.1. The summed E-state index contributed by atoms with van der Waals surface area (Å²) >= 11 is 3.57. The smallest absolute Gasteiger partial charge is 0.167 e. The minimum atomic E-state index is 1.10. The Morgan fingerprint density at radius 1 is 0.739 bits per heavy atom. The summed E-state index contributed by atoms with van der Waals surface area (Å²) in [5.74, 6) is 0. The number of hydrogen-bond acceptors (Lipinski definition) is 0. The molecule has 0 atom stereocenters. The maximum atomic E-state index is 3.57. The SMILES string of the molecule is Brc1ccc2cc[n+]3ccc(/C=C/c4ccccc4)cc3c2c1. The van der Waals surface area contributed by atoms with Crippen molar-refractivity contribution < 1.29 is 4.40 Å². The quantitative estimate of drug-likeness (QED) is 0.327. The maximum absolute atomic E-state index is 3.57. The van der Waals surface area contributed by atoms with E-state index in [4.69, 9.17) is 0 Å². The molecule has 23 heavy (non-hydrogen) atoms. The molecule has 1 nitrogen and oxygen atoms in total. The zero-order chi connectivity index (χ0) is 15.6. The molecule has 2 aromatic carbocycles. The number of pyridine rings is 2. The van der Waals surface area contributed by atoms with Crippen molar-refractivity contribution in [1.82, 2.24) is 0 Å². The summed E-state index contributed by atoms with van der Waals surface area (Å²) in [6.45, 7) is 0.